The van der Waals surface area contributed by atoms with Crippen LogP contribution in [0.4, 0.5) is 5.69 Å². The first-order valence-electron chi connectivity index (χ1n) is 9.77. The summed E-state index contributed by atoms with van der Waals surface area (Å²) in [5.41, 5.74) is 3.96. The van der Waals surface area contributed by atoms with Crippen LogP contribution in [-0.2, 0) is 13.2 Å². The van der Waals surface area contributed by atoms with Gasteiger partial charge in [0.1, 0.15) is 6.61 Å². The maximum absolute atomic E-state index is 11.2. The molecule has 0 heterocycles. The van der Waals surface area contributed by atoms with Gasteiger partial charge in [-0.3, -0.25) is 0 Å². The van der Waals surface area contributed by atoms with Gasteiger partial charge in [0.25, 0.3) is 0 Å². The van der Waals surface area contributed by atoms with Crippen LogP contribution in [0.2, 0.25) is 5.02 Å². The van der Waals surface area contributed by atoms with E-state index in [1.165, 1.54) is 0 Å². The maximum atomic E-state index is 11.2. The summed E-state index contributed by atoms with van der Waals surface area (Å²) in [5, 5.41) is 13.2. The topological polar surface area (TPSA) is 67.8 Å². The lowest BCUT2D eigenvalue weighted by atomic mass is 10.1. The number of rotatable bonds is 9. The van der Waals surface area contributed by atoms with E-state index in [0.717, 1.165) is 26.9 Å². The first-order valence-corrected chi connectivity index (χ1v) is 10.9. The Balaban J connectivity index is 1.77. The number of carboxylic acids is 1. The van der Waals surface area contributed by atoms with E-state index in [1.54, 1.807) is 18.2 Å². The van der Waals surface area contributed by atoms with Crippen LogP contribution in [0.5, 0.6) is 11.5 Å². The molecule has 0 aromatic heterocycles. The molecule has 3 aromatic carbocycles. The van der Waals surface area contributed by atoms with Crippen molar-refractivity contribution in [3.8, 4) is 11.5 Å². The van der Waals surface area contributed by atoms with Crippen LogP contribution >= 0.6 is 27.5 Å². The minimum Gasteiger partial charge on any atom is -0.490 e. The molecule has 0 amide bonds. The number of carbonyl (C=O) groups is 1. The van der Waals surface area contributed by atoms with E-state index in [1.807, 2.05) is 50.2 Å². The Labute approximate surface area is 195 Å². The molecule has 0 aliphatic heterocycles. The fourth-order valence-corrected chi connectivity index (χ4v) is 3.74. The van der Waals surface area contributed by atoms with Gasteiger partial charge in [0.05, 0.1) is 16.6 Å². The lowest BCUT2D eigenvalue weighted by Gasteiger charge is -2.17. The number of halogens is 2. The van der Waals surface area contributed by atoms with Gasteiger partial charge in [0.15, 0.2) is 11.5 Å². The zero-order valence-electron chi connectivity index (χ0n) is 17.2. The molecule has 0 saturated carbocycles. The van der Waals surface area contributed by atoms with Crippen molar-refractivity contribution < 1.29 is 19.4 Å². The third-order valence-corrected chi connectivity index (χ3v) is 5.47. The number of anilines is 1. The molecule has 3 rings (SSSR count). The first-order chi connectivity index (χ1) is 14.9. The molecule has 3 aromatic rings. The summed E-state index contributed by atoms with van der Waals surface area (Å²) in [5.74, 6) is 0.315. The predicted molar refractivity (Wildman–Crippen MR) is 127 cm³/mol. The molecule has 0 fully saturated rings. The molecule has 0 aliphatic carbocycles. The van der Waals surface area contributed by atoms with Crippen LogP contribution in [0.3, 0.4) is 0 Å². The summed E-state index contributed by atoms with van der Waals surface area (Å²) in [6.45, 7) is 5.24. The summed E-state index contributed by atoms with van der Waals surface area (Å²) < 4.78 is 12.6. The van der Waals surface area contributed by atoms with E-state index >= 15 is 0 Å². The van der Waals surface area contributed by atoms with Crippen LogP contribution < -0.4 is 14.8 Å². The van der Waals surface area contributed by atoms with E-state index < -0.39 is 5.97 Å². The van der Waals surface area contributed by atoms with Gasteiger partial charge in [-0.1, -0.05) is 29.8 Å². The van der Waals surface area contributed by atoms with Crippen molar-refractivity contribution in [2.75, 3.05) is 11.9 Å². The summed E-state index contributed by atoms with van der Waals surface area (Å²) in [6.07, 6.45) is 0. The van der Waals surface area contributed by atoms with Crippen molar-refractivity contribution >= 4 is 39.2 Å². The second-order valence-corrected chi connectivity index (χ2v) is 8.23. The smallest absolute Gasteiger partial charge is 0.335 e. The van der Waals surface area contributed by atoms with Gasteiger partial charge in [-0.05, 0) is 82.9 Å². The van der Waals surface area contributed by atoms with Gasteiger partial charge in [-0.25, -0.2) is 4.79 Å². The second-order valence-electron chi connectivity index (χ2n) is 6.94. The normalized spacial score (nSPS) is 10.6. The molecule has 31 heavy (non-hydrogen) atoms. The second kappa shape index (κ2) is 10.6. The van der Waals surface area contributed by atoms with Gasteiger partial charge in [0.2, 0.25) is 0 Å². The summed E-state index contributed by atoms with van der Waals surface area (Å²) >= 11 is 9.54. The summed E-state index contributed by atoms with van der Waals surface area (Å²) in [4.78, 5) is 11.2. The van der Waals surface area contributed by atoms with Crippen LogP contribution in [0.25, 0.3) is 0 Å². The minimum atomic E-state index is -0.952. The van der Waals surface area contributed by atoms with Crippen LogP contribution in [-0.4, -0.2) is 17.7 Å². The standard InChI is InChI=1S/C24H23BrClNO4/c1-3-30-22-11-17(13-27-21-12-18(24(28)29)7-4-15(21)2)10-20(25)23(22)31-14-16-5-8-19(26)9-6-16/h4-12,27H,3,13-14H2,1-2H3,(H,28,29). The van der Waals surface area contributed by atoms with Crippen molar-refractivity contribution in [2.45, 2.75) is 27.0 Å². The number of aromatic carboxylic acids is 1. The van der Waals surface area contributed by atoms with E-state index in [-0.39, 0.29) is 5.56 Å². The zero-order chi connectivity index (χ0) is 22.4. The number of carboxylic acid groups (broad SMARTS) is 1. The Morgan fingerprint density at radius 1 is 1.06 bits per heavy atom. The molecule has 0 radical (unpaired) electrons. The average Bonchev–Trinajstić information content (AvgIpc) is 2.74. The number of ether oxygens (including phenoxy) is 2. The van der Waals surface area contributed by atoms with Crippen LogP contribution in [0.1, 0.15) is 34.0 Å². The number of benzene rings is 3. The highest BCUT2D eigenvalue weighted by molar-refractivity contribution is 9.10. The number of hydrogen-bond donors (Lipinski definition) is 2. The van der Waals surface area contributed by atoms with E-state index in [4.69, 9.17) is 21.1 Å². The fraction of sp³-hybridized carbons (Fsp3) is 0.208. The molecule has 0 unspecified atom stereocenters. The number of aryl methyl sites for hydroxylation is 1. The lowest BCUT2D eigenvalue weighted by molar-refractivity contribution is 0.0697. The van der Waals surface area contributed by atoms with Gasteiger partial charge in [-0.15, -0.1) is 0 Å². The van der Waals surface area contributed by atoms with Gasteiger partial charge in [0, 0.05) is 17.3 Å². The Bertz CT molecular complexity index is 1070. The summed E-state index contributed by atoms with van der Waals surface area (Å²) in [7, 11) is 0. The molecule has 0 saturated heterocycles. The maximum Gasteiger partial charge on any atom is 0.335 e. The van der Waals surface area contributed by atoms with Gasteiger partial charge >= 0.3 is 5.97 Å². The summed E-state index contributed by atoms with van der Waals surface area (Å²) in [6, 6.07) is 16.4. The molecule has 0 bridgehead atoms. The molecule has 0 spiro atoms. The highest BCUT2D eigenvalue weighted by atomic mass is 79.9. The van der Waals surface area contributed by atoms with Gasteiger partial charge < -0.3 is 19.9 Å². The van der Waals surface area contributed by atoms with Crippen molar-refractivity contribution in [2.24, 2.45) is 0 Å². The Morgan fingerprint density at radius 3 is 2.48 bits per heavy atom. The highest BCUT2D eigenvalue weighted by Gasteiger charge is 2.13. The Morgan fingerprint density at radius 2 is 1.81 bits per heavy atom. The minimum absolute atomic E-state index is 0.246. The van der Waals surface area contributed by atoms with Crippen molar-refractivity contribution in [3.05, 3.63) is 86.3 Å². The van der Waals surface area contributed by atoms with Crippen LogP contribution in [0.15, 0.2) is 59.1 Å². The average molecular weight is 505 g/mol. The quantitative estimate of drug-likeness (QED) is 0.339. The lowest BCUT2D eigenvalue weighted by Crippen LogP contribution is -2.06. The van der Waals surface area contributed by atoms with E-state index in [9.17, 15) is 9.90 Å². The highest BCUT2D eigenvalue weighted by Crippen LogP contribution is 2.38. The number of nitrogens with one attached hydrogen (secondary N) is 1. The van der Waals surface area contributed by atoms with Crippen LogP contribution in [0, 0.1) is 6.92 Å². The van der Waals surface area contributed by atoms with E-state index in [2.05, 4.69) is 21.2 Å². The van der Waals surface area contributed by atoms with Crippen molar-refractivity contribution in [1.82, 2.24) is 0 Å². The van der Waals surface area contributed by atoms with Crippen molar-refractivity contribution in [1.29, 1.82) is 0 Å². The molecule has 0 atom stereocenters. The monoisotopic (exact) mass is 503 g/mol. The van der Waals surface area contributed by atoms with Crippen molar-refractivity contribution in [3.63, 3.8) is 0 Å². The molecular weight excluding hydrogens is 482 g/mol. The first kappa shape index (κ1) is 23.0. The molecule has 0 aliphatic rings. The third-order valence-electron chi connectivity index (χ3n) is 4.63. The molecular formula is C24H23BrClNO4. The SMILES string of the molecule is CCOc1cc(CNc2cc(C(=O)O)ccc2C)cc(Br)c1OCc1ccc(Cl)cc1. The predicted octanol–water partition coefficient (Wildman–Crippen LogP) is 6.70. The fourth-order valence-electron chi connectivity index (χ4n) is 3.01. The third kappa shape index (κ3) is 6.15. The largest absolute Gasteiger partial charge is 0.490 e. The zero-order valence-corrected chi connectivity index (χ0v) is 19.6. The van der Waals surface area contributed by atoms with Gasteiger partial charge in [-0.2, -0.15) is 0 Å². The molecule has 7 heteroatoms. The Kier molecular flexibility index (Phi) is 7.82. The molecule has 2 N–H and O–H groups in total. The Hall–Kier alpha value is -2.70. The molecule has 162 valence electrons. The molecule has 5 nitrogen and oxygen atoms in total. The van der Waals surface area contributed by atoms with E-state index in [0.29, 0.717) is 36.3 Å². The number of hydrogen-bond acceptors (Lipinski definition) is 4.